The second-order valence-electron chi connectivity index (χ2n) is 7.01. The van der Waals surface area contributed by atoms with E-state index in [1.165, 1.54) is 6.92 Å². The number of nitrogens with two attached hydrogens (primary N) is 1. The van der Waals surface area contributed by atoms with Crippen molar-refractivity contribution in [1.82, 2.24) is 10.3 Å². The summed E-state index contributed by atoms with van der Waals surface area (Å²) in [5, 5.41) is 14.6. The topological polar surface area (TPSA) is 118 Å². The van der Waals surface area contributed by atoms with Crippen molar-refractivity contribution in [2.75, 3.05) is 18.0 Å². The third kappa shape index (κ3) is 3.95. The van der Waals surface area contributed by atoms with Gasteiger partial charge >= 0.3 is 0 Å². The van der Waals surface area contributed by atoms with Gasteiger partial charge in [-0.25, -0.2) is 4.98 Å². The lowest BCUT2D eigenvalue weighted by Crippen LogP contribution is -2.41. The SMILES string of the molecule is CC(=O)NC1CN(c2nccc3cc(C(N)=O)c(OC(C)C)cc23)CC1O. The minimum Gasteiger partial charge on any atom is -0.490 e. The van der Waals surface area contributed by atoms with Crippen LogP contribution in [-0.2, 0) is 4.79 Å². The summed E-state index contributed by atoms with van der Waals surface area (Å²) >= 11 is 0. The molecule has 2 aromatic rings. The third-order valence-corrected chi connectivity index (χ3v) is 4.45. The van der Waals surface area contributed by atoms with Gasteiger partial charge in [0.1, 0.15) is 11.6 Å². The molecule has 0 aliphatic carbocycles. The molecule has 4 N–H and O–H groups in total. The number of amides is 2. The Kier molecular flexibility index (Phi) is 5.18. The Morgan fingerprint density at radius 1 is 1.37 bits per heavy atom. The van der Waals surface area contributed by atoms with E-state index in [9.17, 15) is 14.7 Å². The largest absolute Gasteiger partial charge is 0.490 e. The van der Waals surface area contributed by atoms with Gasteiger partial charge in [-0.3, -0.25) is 9.59 Å². The highest BCUT2D eigenvalue weighted by molar-refractivity contribution is 6.03. The first-order valence-corrected chi connectivity index (χ1v) is 8.85. The summed E-state index contributed by atoms with van der Waals surface area (Å²) in [7, 11) is 0. The Morgan fingerprint density at radius 2 is 2.11 bits per heavy atom. The molecular weight excluding hydrogens is 348 g/mol. The van der Waals surface area contributed by atoms with Gasteiger partial charge in [-0.15, -0.1) is 0 Å². The summed E-state index contributed by atoms with van der Waals surface area (Å²) in [4.78, 5) is 29.5. The first-order chi connectivity index (χ1) is 12.8. The van der Waals surface area contributed by atoms with Gasteiger partial charge in [0, 0.05) is 31.6 Å². The molecule has 27 heavy (non-hydrogen) atoms. The Hall–Kier alpha value is -2.87. The van der Waals surface area contributed by atoms with Crippen molar-refractivity contribution in [1.29, 1.82) is 0 Å². The highest BCUT2D eigenvalue weighted by atomic mass is 16.5. The third-order valence-electron chi connectivity index (χ3n) is 4.45. The molecule has 1 aliphatic heterocycles. The number of aliphatic hydroxyl groups excluding tert-OH is 1. The number of pyridine rings is 1. The number of carbonyl (C=O) groups excluding carboxylic acids is 2. The molecule has 0 bridgehead atoms. The lowest BCUT2D eigenvalue weighted by Gasteiger charge is -2.20. The van der Waals surface area contributed by atoms with Crippen LogP contribution in [0, 0.1) is 0 Å². The molecule has 8 heteroatoms. The van der Waals surface area contributed by atoms with E-state index in [0.717, 1.165) is 10.8 Å². The molecule has 0 saturated carbocycles. The minimum atomic E-state index is -0.692. The van der Waals surface area contributed by atoms with Crippen LogP contribution >= 0.6 is 0 Å². The quantitative estimate of drug-likeness (QED) is 0.715. The predicted octanol–water partition coefficient (Wildman–Crippen LogP) is 0.806. The van der Waals surface area contributed by atoms with Gasteiger partial charge in [0.15, 0.2) is 0 Å². The molecule has 2 atom stereocenters. The number of benzene rings is 1. The lowest BCUT2D eigenvalue weighted by atomic mass is 10.1. The first-order valence-electron chi connectivity index (χ1n) is 8.85. The van der Waals surface area contributed by atoms with Gasteiger partial charge in [0.05, 0.1) is 23.8 Å². The van der Waals surface area contributed by atoms with Crippen LogP contribution in [0.25, 0.3) is 10.8 Å². The molecule has 1 aromatic carbocycles. The molecule has 3 rings (SSSR count). The van der Waals surface area contributed by atoms with E-state index in [-0.39, 0.29) is 18.1 Å². The van der Waals surface area contributed by atoms with Crippen molar-refractivity contribution in [3.8, 4) is 5.75 Å². The van der Waals surface area contributed by atoms with E-state index < -0.39 is 12.0 Å². The van der Waals surface area contributed by atoms with Crippen LogP contribution in [0.5, 0.6) is 5.75 Å². The number of carbonyl (C=O) groups is 2. The number of hydrogen-bond acceptors (Lipinski definition) is 6. The van der Waals surface area contributed by atoms with Gasteiger partial charge < -0.3 is 25.8 Å². The van der Waals surface area contributed by atoms with E-state index in [1.54, 1.807) is 24.4 Å². The number of nitrogens with zero attached hydrogens (tertiary/aromatic N) is 2. The van der Waals surface area contributed by atoms with Gasteiger partial charge in [-0.2, -0.15) is 0 Å². The van der Waals surface area contributed by atoms with Crippen molar-refractivity contribution in [3.05, 3.63) is 30.0 Å². The van der Waals surface area contributed by atoms with E-state index in [4.69, 9.17) is 10.5 Å². The van der Waals surface area contributed by atoms with Crippen molar-refractivity contribution < 1.29 is 19.4 Å². The van der Waals surface area contributed by atoms with E-state index in [1.807, 2.05) is 18.7 Å². The smallest absolute Gasteiger partial charge is 0.252 e. The number of anilines is 1. The number of rotatable bonds is 5. The maximum absolute atomic E-state index is 11.8. The zero-order chi connectivity index (χ0) is 19.7. The van der Waals surface area contributed by atoms with Crippen molar-refractivity contribution in [2.24, 2.45) is 5.73 Å². The number of nitrogens with one attached hydrogen (secondary N) is 1. The Bertz CT molecular complexity index is 883. The maximum atomic E-state index is 11.8. The zero-order valence-corrected chi connectivity index (χ0v) is 15.6. The lowest BCUT2D eigenvalue weighted by molar-refractivity contribution is -0.120. The molecule has 2 unspecified atom stereocenters. The Balaban J connectivity index is 2.04. The van der Waals surface area contributed by atoms with Gasteiger partial charge in [0.2, 0.25) is 5.91 Å². The van der Waals surface area contributed by atoms with Crippen LogP contribution in [0.3, 0.4) is 0 Å². The molecule has 144 valence electrons. The number of aromatic nitrogens is 1. The van der Waals surface area contributed by atoms with Gasteiger partial charge in [0.25, 0.3) is 5.91 Å². The van der Waals surface area contributed by atoms with Crippen molar-refractivity contribution >= 4 is 28.4 Å². The summed E-state index contributed by atoms with van der Waals surface area (Å²) in [6, 6.07) is 4.88. The van der Waals surface area contributed by atoms with E-state index in [2.05, 4.69) is 10.3 Å². The fraction of sp³-hybridized carbons (Fsp3) is 0.421. The highest BCUT2D eigenvalue weighted by Gasteiger charge is 2.33. The molecule has 1 saturated heterocycles. The molecule has 0 radical (unpaired) electrons. The monoisotopic (exact) mass is 372 g/mol. The first kappa shape index (κ1) is 18.9. The van der Waals surface area contributed by atoms with Crippen LogP contribution in [0.2, 0.25) is 0 Å². The second kappa shape index (κ2) is 7.40. The van der Waals surface area contributed by atoms with Crippen molar-refractivity contribution in [2.45, 2.75) is 39.0 Å². The second-order valence-corrected chi connectivity index (χ2v) is 7.01. The molecule has 1 fully saturated rings. The fourth-order valence-electron chi connectivity index (χ4n) is 3.34. The van der Waals surface area contributed by atoms with Crippen molar-refractivity contribution in [3.63, 3.8) is 0 Å². The number of β-amino-alcohol motifs (C(OH)–C–C–N with tert-alkyl or cyclic N) is 1. The summed E-state index contributed by atoms with van der Waals surface area (Å²) in [6.45, 7) is 5.94. The van der Waals surface area contributed by atoms with Crippen LogP contribution in [0.1, 0.15) is 31.1 Å². The standard InChI is InChI=1S/C19H24N4O4/c1-10(2)27-17-7-13-12(6-14(17)18(20)26)4-5-21-19(13)23-8-15(16(25)9-23)22-11(3)24/h4-7,10,15-16,25H,8-9H2,1-3H3,(H2,20,26)(H,22,24). The molecule has 2 heterocycles. The minimum absolute atomic E-state index is 0.126. The van der Waals surface area contributed by atoms with Gasteiger partial charge in [-0.1, -0.05) is 0 Å². The normalized spacial score (nSPS) is 19.5. The van der Waals surface area contributed by atoms with Crippen LogP contribution in [0.4, 0.5) is 5.82 Å². The van der Waals surface area contributed by atoms with Crippen LogP contribution < -0.4 is 20.7 Å². The molecular formula is C19H24N4O4. The number of primary amides is 1. The number of hydrogen-bond donors (Lipinski definition) is 3. The molecule has 1 aliphatic rings. The Labute approximate surface area is 157 Å². The average molecular weight is 372 g/mol. The van der Waals surface area contributed by atoms with Gasteiger partial charge in [-0.05, 0) is 37.4 Å². The number of fused-ring (bicyclic) bond motifs is 1. The molecule has 8 nitrogen and oxygen atoms in total. The predicted molar refractivity (Wildman–Crippen MR) is 102 cm³/mol. The average Bonchev–Trinajstić information content (AvgIpc) is 2.92. The molecule has 2 amide bonds. The summed E-state index contributed by atoms with van der Waals surface area (Å²) in [5.74, 6) is 0.306. The summed E-state index contributed by atoms with van der Waals surface area (Å²) < 4.78 is 5.77. The number of aliphatic hydroxyl groups is 1. The summed E-state index contributed by atoms with van der Waals surface area (Å²) in [5.41, 5.74) is 5.82. The summed E-state index contributed by atoms with van der Waals surface area (Å²) in [6.07, 6.45) is 0.824. The maximum Gasteiger partial charge on any atom is 0.252 e. The number of ether oxygens (including phenoxy) is 1. The van der Waals surface area contributed by atoms with E-state index in [0.29, 0.717) is 30.2 Å². The zero-order valence-electron chi connectivity index (χ0n) is 15.6. The molecule has 0 spiro atoms. The fourth-order valence-corrected chi connectivity index (χ4v) is 3.34. The van der Waals surface area contributed by atoms with Crippen LogP contribution in [0.15, 0.2) is 24.4 Å². The van der Waals surface area contributed by atoms with Crippen LogP contribution in [-0.4, -0.2) is 53.2 Å². The highest BCUT2D eigenvalue weighted by Crippen LogP contribution is 2.33. The Morgan fingerprint density at radius 3 is 2.74 bits per heavy atom. The molecule has 1 aromatic heterocycles. The van der Waals surface area contributed by atoms with E-state index >= 15 is 0 Å².